The molecule has 0 aromatic heterocycles. The molecule has 74 valence electrons. The SMILES string of the molecule is CCOC(=O)CC1C=CC(C)(C)C1. The maximum atomic E-state index is 11.2. The van der Waals surface area contributed by atoms with Gasteiger partial charge in [0.05, 0.1) is 13.0 Å². The molecular formula is C11H18O2. The van der Waals surface area contributed by atoms with Crippen molar-refractivity contribution < 1.29 is 9.53 Å². The van der Waals surface area contributed by atoms with Crippen LogP contribution in [-0.4, -0.2) is 12.6 Å². The van der Waals surface area contributed by atoms with Gasteiger partial charge in [0.25, 0.3) is 0 Å². The largest absolute Gasteiger partial charge is 0.466 e. The van der Waals surface area contributed by atoms with E-state index in [0.717, 1.165) is 6.42 Å². The van der Waals surface area contributed by atoms with Crippen molar-refractivity contribution in [3.8, 4) is 0 Å². The molecule has 0 amide bonds. The number of allylic oxidation sites excluding steroid dienone is 2. The van der Waals surface area contributed by atoms with Gasteiger partial charge in [0.2, 0.25) is 0 Å². The smallest absolute Gasteiger partial charge is 0.306 e. The average Bonchev–Trinajstić information content (AvgIpc) is 2.30. The Morgan fingerprint density at radius 2 is 2.31 bits per heavy atom. The first-order valence-corrected chi connectivity index (χ1v) is 4.88. The van der Waals surface area contributed by atoms with Crippen molar-refractivity contribution in [3.05, 3.63) is 12.2 Å². The molecule has 0 saturated carbocycles. The Bertz CT molecular complexity index is 216. The summed E-state index contributed by atoms with van der Waals surface area (Å²) < 4.78 is 4.90. The predicted octanol–water partition coefficient (Wildman–Crippen LogP) is 2.54. The van der Waals surface area contributed by atoms with E-state index in [2.05, 4.69) is 26.0 Å². The summed E-state index contributed by atoms with van der Waals surface area (Å²) in [5, 5.41) is 0. The first-order chi connectivity index (χ1) is 6.03. The van der Waals surface area contributed by atoms with Gasteiger partial charge in [-0.15, -0.1) is 0 Å². The van der Waals surface area contributed by atoms with Gasteiger partial charge in [-0.3, -0.25) is 4.79 Å². The summed E-state index contributed by atoms with van der Waals surface area (Å²) in [5.41, 5.74) is 0.261. The molecule has 0 bridgehead atoms. The normalized spacial score (nSPS) is 24.7. The molecule has 0 N–H and O–H groups in total. The van der Waals surface area contributed by atoms with Gasteiger partial charge >= 0.3 is 5.97 Å². The number of hydrogen-bond acceptors (Lipinski definition) is 2. The van der Waals surface area contributed by atoms with E-state index in [0.29, 0.717) is 18.9 Å². The van der Waals surface area contributed by atoms with Crippen molar-refractivity contribution in [1.29, 1.82) is 0 Å². The fraction of sp³-hybridized carbons (Fsp3) is 0.727. The Morgan fingerprint density at radius 3 is 2.77 bits per heavy atom. The number of ether oxygens (including phenoxy) is 1. The molecule has 0 radical (unpaired) electrons. The molecule has 0 aromatic carbocycles. The fourth-order valence-electron chi connectivity index (χ4n) is 1.78. The number of carbonyl (C=O) groups excluding carboxylic acids is 1. The number of carbonyl (C=O) groups is 1. The lowest BCUT2D eigenvalue weighted by Crippen LogP contribution is -2.12. The van der Waals surface area contributed by atoms with Crippen LogP contribution >= 0.6 is 0 Å². The molecule has 2 heteroatoms. The summed E-state index contributed by atoms with van der Waals surface area (Å²) in [4.78, 5) is 11.2. The second-order valence-electron chi connectivity index (χ2n) is 4.32. The Hall–Kier alpha value is -0.790. The third-order valence-corrected chi connectivity index (χ3v) is 2.34. The highest BCUT2D eigenvalue weighted by Gasteiger charge is 2.26. The van der Waals surface area contributed by atoms with Crippen LogP contribution in [0.2, 0.25) is 0 Å². The van der Waals surface area contributed by atoms with Gasteiger partial charge in [-0.2, -0.15) is 0 Å². The molecule has 1 unspecified atom stereocenters. The molecule has 0 aliphatic heterocycles. The lowest BCUT2D eigenvalue weighted by Gasteiger charge is -2.16. The van der Waals surface area contributed by atoms with Gasteiger partial charge in [0.1, 0.15) is 0 Å². The number of hydrogen-bond donors (Lipinski definition) is 0. The molecule has 1 atom stereocenters. The minimum atomic E-state index is -0.0742. The lowest BCUT2D eigenvalue weighted by atomic mass is 9.89. The fourth-order valence-corrected chi connectivity index (χ4v) is 1.78. The Balaban J connectivity index is 2.33. The minimum Gasteiger partial charge on any atom is -0.466 e. The van der Waals surface area contributed by atoms with Gasteiger partial charge < -0.3 is 4.74 Å². The Labute approximate surface area is 80.0 Å². The zero-order valence-electron chi connectivity index (χ0n) is 8.67. The van der Waals surface area contributed by atoms with Crippen LogP contribution in [-0.2, 0) is 9.53 Å². The second-order valence-corrected chi connectivity index (χ2v) is 4.32. The van der Waals surface area contributed by atoms with Gasteiger partial charge in [0, 0.05) is 0 Å². The molecule has 13 heavy (non-hydrogen) atoms. The molecule has 0 fully saturated rings. The van der Waals surface area contributed by atoms with Crippen molar-refractivity contribution in [2.24, 2.45) is 11.3 Å². The molecule has 0 aromatic rings. The van der Waals surface area contributed by atoms with Crippen LogP contribution in [0, 0.1) is 11.3 Å². The van der Waals surface area contributed by atoms with Crippen molar-refractivity contribution in [1.82, 2.24) is 0 Å². The van der Waals surface area contributed by atoms with Crippen LogP contribution in [0.25, 0.3) is 0 Å². The van der Waals surface area contributed by atoms with Crippen LogP contribution in [0.1, 0.15) is 33.6 Å². The van der Waals surface area contributed by atoms with Crippen LogP contribution in [0.4, 0.5) is 0 Å². The number of esters is 1. The van der Waals surface area contributed by atoms with Crippen molar-refractivity contribution >= 4 is 5.97 Å². The Kier molecular flexibility index (Phi) is 3.12. The number of rotatable bonds is 3. The molecule has 0 heterocycles. The van der Waals surface area contributed by atoms with Crippen LogP contribution in [0.15, 0.2) is 12.2 Å². The topological polar surface area (TPSA) is 26.3 Å². The van der Waals surface area contributed by atoms with E-state index in [1.54, 1.807) is 0 Å². The van der Waals surface area contributed by atoms with Crippen molar-refractivity contribution in [3.63, 3.8) is 0 Å². The highest BCUT2D eigenvalue weighted by Crippen LogP contribution is 2.35. The molecule has 1 aliphatic rings. The quantitative estimate of drug-likeness (QED) is 0.495. The molecule has 2 nitrogen and oxygen atoms in total. The second kappa shape index (κ2) is 3.95. The third-order valence-electron chi connectivity index (χ3n) is 2.34. The monoisotopic (exact) mass is 182 g/mol. The van der Waals surface area contributed by atoms with Crippen molar-refractivity contribution in [2.45, 2.75) is 33.6 Å². The van der Waals surface area contributed by atoms with E-state index < -0.39 is 0 Å². The highest BCUT2D eigenvalue weighted by atomic mass is 16.5. The van der Waals surface area contributed by atoms with E-state index in [4.69, 9.17) is 4.74 Å². The van der Waals surface area contributed by atoms with E-state index in [1.165, 1.54) is 0 Å². The molecule has 1 aliphatic carbocycles. The standard InChI is InChI=1S/C11H18O2/c1-4-13-10(12)7-9-5-6-11(2,3)8-9/h5-6,9H,4,7-8H2,1-3H3. The molecule has 0 spiro atoms. The first-order valence-electron chi connectivity index (χ1n) is 4.88. The predicted molar refractivity (Wildman–Crippen MR) is 52.3 cm³/mol. The van der Waals surface area contributed by atoms with Gasteiger partial charge in [-0.25, -0.2) is 0 Å². The summed E-state index contributed by atoms with van der Waals surface area (Å²) in [6.07, 6.45) is 5.92. The van der Waals surface area contributed by atoms with Crippen LogP contribution in [0.3, 0.4) is 0 Å². The van der Waals surface area contributed by atoms with Gasteiger partial charge in [-0.05, 0) is 24.7 Å². The van der Waals surface area contributed by atoms with Crippen LogP contribution < -0.4 is 0 Å². The summed E-state index contributed by atoms with van der Waals surface area (Å²) in [6, 6.07) is 0. The summed E-state index contributed by atoms with van der Waals surface area (Å²) in [5.74, 6) is 0.309. The van der Waals surface area contributed by atoms with Crippen molar-refractivity contribution in [2.75, 3.05) is 6.61 Å². The molecule has 1 rings (SSSR count). The first kappa shape index (κ1) is 10.3. The maximum Gasteiger partial charge on any atom is 0.306 e. The average molecular weight is 182 g/mol. The summed E-state index contributed by atoms with van der Waals surface area (Å²) >= 11 is 0. The zero-order valence-corrected chi connectivity index (χ0v) is 8.67. The van der Waals surface area contributed by atoms with E-state index in [1.807, 2.05) is 6.92 Å². The van der Waals surface area contributed by atoms with Gasteiger partial charge in [0.15, 0.2) is 0 Å². The van der Waals surface area contributed by atoms with Gasteiger partial charge in [-0.1, -0.05) is 26.0 Å². The summed E-state index contributed by atoms with van der Waals surface area (Å²) in [7, 11) is 0. The lowest BCUT2D eigenvalue weighted by molar-refractivity contribution is -0.143. The maximum absolute atomic E-state index is 11.2. The van der Waals surface area contributed by atoms with E-state index in [-0.39, 0.29) is 11.4 Å². The van der Waals surface area contributed by atoms with Crippen LogP contribution in [0.5, 0.6) is 0 Å². The van der Waals surface area contributed by atoms with E-state index in [9.17, 15) is 4.79 Å². The minimum absolute atomic E-state index is 0.0742. The van der Waals surface area contributed by atoms with E-state index >= 15 is 0 Å². The summed E-state index contributed by atoms with van der Waals surface area (Å²) in [6.45, 7) is 6.70. The molecular weight excluding hydrogens is 164 g/mol. The third kappa shape index (κ3) is 3.21. The molecule has 0 saturated heterocycles. The zero-order chi connectivity index (χ0) is 9.90. The Morgan fingerprint density at radius 1 is 1.62 bits per heavy atom. The highest BCUT2D eigenvalue weighted by molar-refractivity contribution is 5.70.